The number of aromatic nitrogens is 1. The number of halogens is 2. The second-order valence-electron chi connectivity index (χ2n) is 5.76. The van der Waals surface area contributed by atoms with Crippen LogP contribution in [0, 0.1) is 11.6 Å². The van der Waals surface area contributed by atoms with E-state index in [1.54, 1.807) is 0 Å². The maximum absolute atomic E-state index is 13.8. The van der Waals surface area contributed by atoms with Crippen molar-refractivity contribution in [3.63, 3.8) is 0 Å². The molecule has 0 spiro atoms. The van der Waals surface area contributed by atoms with Crippen LogP contribution < -0.4 is 0 Å². The van der Waals surface area contributed by atoms with E-state index in [1.807, 2.05) is 0 Å². The molecule has 1 aliphatic heterocycles. The van der Waals surface area contributed by atoms with Gasteiger partial charge in [-0.25, -0.2) is 18.6 Å². The number of carboxylic acid groups (broad SMARTS) is 1. The Balaban J connectivity index is 1.64. The van der Waals surface area contributed by atoms with Crippen molar-refractivity contribution in [1.29, 1.82) is 0 Å². The minimum absolute atomic E-state index is 0.00433. The fourth-order valence-electron chi connectivity index (χ4n) is 2.70. The zero-order valence-corrected chi connectivity index (χ0v) is 13.7. The highest BCUT2D eigenvalue weighted by atomic mass is 19.1. The van der Waals surface area contributed by atoms with Gasteiger partial charge in [0.2, 0.25) is 5.91 Å². The van der Waals surface area contributed by atoms with Gasteiger partial charge in [0.05, 0.1) is 25.0 Å². The van der Waals surface area contributed by atoms with Crippen LogP contribution >= 0.6 is 0 Å². The molecular weight excluding hydrogens is 350 g/mol. The lowest BCUT2D eigenvalue weighted by atomic mass is 10.2. The van der Waals surface area contributed by atoms with Crippen LogP contribution in [0.1, 0.15) is 12.3 Å². The van der Waals surface area contributed by atoms with Crippen molar-refractivity contribution >= 4 is 11.9 Å². The summed E-state index contributed by atoms with van der Waals surface area (Å²) in [6, 6.07) is 2.08. The molecule has 1 aliphatic rings. The lowest BCUT2D eigenvalue weighted by Crippen LogP contribution is -2.52. The topological polar surface area (TPSA) is 92.9 Å². The van der Waals surface area contributed by atoms with Gasteiger partial charge in [-0.3, -0.25) is 4.79 Å². The molecule has 1 aromatic carbocycles. The standard InChI is InChI=1S/C17H16F2N2O5/c18-10-1-2-11(12(19)7-10)14-8-20-15(26-14)3-4-16(22)21-5-6-25-9-13(21)17(23)24/h1-2,7-8,13H,3-6,9H2,(H,23,24). The Kier molecular flexibility index (Phi) is 5.27. The lowest BCUT2D eigenvalue weighted by molar-refractivity contribution is -0.158. The van der Waals surface area contributed by atoms with Gasteiger partial charge in [0, 0.05) is 25.5 Å². The number of carbonyl (C=O) groups excluding carboxylic acids is 1. The second kappa shape index (κ2) is 7.61. The molecule has 1 unspecified atom stereocenters. The lowest BCUT2D eigenvalue weighted by Gasteiger charge is -2.32. The summed E-state index contributed by atoms with van der Waals surface area (Å²) in [7, 11) is 0. The van der Waals surface area contributed by atoms with Crippen LogP contribution in [0.25, 0.3) is 11.3 Å². The number of morpholine rings is 1. The first-order valence-corrected chi connectivity index (χ1v) is 7.96. The number of hydrogen-bond acceptors (Lipinski definition) is 5. The average molecular weight is 366 g/mol. The number of oxazole rings is 1. The average Bonchev–Trinajstić information content (AvgIpc) is 3.08. The molecule has 0 radical (unpaired) electrons. The third-order valence-corrected chi connectivity index (χ3v) is 4.04. The zero-order chi connectivity index (χ0) is 18.7. The summed E-state index contributed by atoms with van der Waals surface area (Å²) < 4.78 is 37.2. The van der Waals surface area contributed by atoms with Crippen LogP contribution in [0.15, 0.2) is 28.8 Å². The number of hydrogen-bond donors (Lipinski definition) is 1. The smallest absolute Gasteiger partial charge is 0.328 e. The predicted molar refractivity (Wildman–Crippen MR) is 84.1 cm³/mol. The Hall–Kier alpha value is -2.81. The molecular formula is C17H16F2N2O5. The van der Waals surface area contributed by atoms with Gasteiger partial charge in [0.15, 0.2) is 17.7 Å². The molecule has 2 heterocycles. The van der Waals surface area contributed by atoms with Crippen molar-refractivity contribution in [2.24, 2.45) is 0 Å². The summed E-state index contributed by atoms with van der Waals surface area (Å²) in [6.07, 6.45) is 1.42. The van der Waals surface area contributed by atoms with E-state index in [0.717, 1.165) is 12.1 Å². The molecule has 0 bridgehead atoms. The van der Waals surface area contributed by atoms with Gasteiger partial charge in [0.1, 0.15) is 11.6 Å². The fraction of sp³-hybridized carbons (Fsp3) is 0.353. The highest BCUT2D eigenvalue weighted by Crippen LogP contribution is 2.24. The summed E-state index contributed by atoms with van der Waals surface area (Å²) in [5, 5.41) is 9.15. The number of nitrogens with zero attached hydrogens (tertiary/aromatic N) is 2. The van der Waals surface area contributed by atoms with Gasteiger partial charge in [-0.15, -0.1) is 0 Å². The van der Waals surface area contributed by atoms with Crippen molar-refractivity contribution in [3.8, 4) is 11.3 Å². The maximum Gasteiger partial charge on any atom is 0.328 e. The molecule has 0 aliphatic carbocycles. The Morgan fingerprint density at radius 2 is 2.15 bits per heavy atom. The molecule has 138 valence electrons. The zero-order valence-electron chi connectivity index (χ0n) is 13.7. The van der Waals surface area contributed by atoms with E-state index < -0.39 is 23.6 Å². The van der Waals surface area contributed by atoms with E-state index in [-0.39, 0.29) is 55.7 Å². The molecule has 9 heteroatoms. The minimum Gasteiger partial charge on any atom is -0.480 e. The molecule has 26 heavy (non-hydrogen) atoms. The summed E-state index contributed by atoms with van der Waals surface area (Å²) >= 11 is 0. The van der Waals surface area contributed by atoms with Crippen LogP contribution in [0.3, 0.4) is 0 Å². The third-order valence-electron chi connectivity index (χ3n) is 4.04. The molecule has 1 amide bonds. The monoisotopic (exact) mass is 366 g/mol. The minimum atomic E-state index is -1.12. The molecule has 1 saturated heterocycles. The molecule has 1 fully saturated rings. The van der Waals surface area contributed by atoms with Crippen molar-refractivity contribution in [2.45, 2.75) is 18.9 Å². The van der Waals surface area contributed by atoms with E-state index in [9.17, 15) is 18.4 Å². The molecule has 1 N–H and O–H groups in total. The largest absolute Gasteiger partial charge is 0.480 e. The molecule has 7 nitrogen and oxygen atoms in total. The van der Waals surface area contributed by atoms with Crippen LogP contribution in [-0.2, 0) is 20.7 Å². The molecule has 2 aromatic rings. The van der Waals surface area contributed by atoms with Gasteiger partial charge in [0.25, 0.3) is 0 Å². The number of carbonyl (C=O) groups is 2. The second-order valence-corrected chi connectivity index (χ2v) is 5.76. The SMILES string of the molecule is O=C(O)C1COCCN1C(=O)CCc1ncc(-c2ccc(F)cc2F)o1. The van der Waals surface area contributed by atoms with Crippen LogP contribution in [0.5, 0.6) is 0 Å². The highest BCUT2D eigenvalue weighted by Gasteiger charge is 2.32. The molecule has 1 atom stereocenters. The van der Waals surface area contributed by atoms with Gasteiger partial charge in [-0.1, -0.05) is 0 Å². The number of aliphatic carboxylic acids is 1. The number of amides is 1. The summed E-state index contributed by atoms with van der Waals surface area (Å²) in [5.41, 5.74) is 0.0654. The number of rotatable bonds is 5. The van der Waals surface area contributed by atoms with Crippen LogP contribution in [-0.4, -0.2) is 52.7 Å². The molecule has 0 saturated carbocycles. The van der Waals surface area contributed by atoms with Gasteiger partial charge < -0.3 is 19.2 Å². The Morgan fingerprint density at radius 3 is 2.88 bits per heavy atom. The quantitative estimate of drug-likeness (QED) is 0.868. The highest BCUT2D eigenvalue weighted by molar-refractivity contribution is 5.84. The van der Waals surface area contributed by atoms with Crippen molar-refractivity contribution in [1.82, 2.24) is 9.88 Å². The summed E-state index contributed by atoms with van der Waals surface area (Å²) in [5.74, 6) is -2.62. The third kappa shape index (κ3) is 3.88. The number of benzene rings is 1. The number of aryl methyl sites for hydroxylation is 1. The Labute approximate surface area is 147 Å². The predicted octanol–water partition coefficient (Wildman–Crippen LogP) is 1.86. The Bertz CT molecular complexity index is 823. The van der Waals surface area contributed by atoms with Crippen molar-refractivity contribution in [2.75, 3.05) is 19.8 Å². The maximum atomic E-state index is 13.8. The summed E-state index contributed by atoms with van der Waals surface area (Å²) in [6.45, 7) is 0.435. The fourth-order valence-corrected chi connectivity index (χ4v) is 2.70. The van der Waals surface area contributed by atoms with Crippen LogP contribution in [0.2, 0.25) is 0 Å². The normalized spacial score (nSPS) is 17.3. The van der Waals surface area contributed by atoms with Gasteiger partial charge in [-0.2, -0.15) is 0 Å². The van der Waals surface area contributed by atoms with E-state index in [4.69, 9.17) is 14.3 Å². The van der Waals surface area contributed by atoms with E-state index in [0.29, 0.717) is 0 Å². The van der Waals surface area contributed by atoms with Crippen molar-refractivity contribution < 1.29 is 32.6 Å². The van der Waals surface area contributed by atoms with Gasteiger partial charge in [-0.05, 0) is 12.1 Å². The summed E-state index contributed by atoms with van der Waals surface area (Å²) in [4.78, 5) is 28.7. The van der Waals surface area contributed by atoms with Crippen LogP contribution in [0.4, 0.5) is 8.78 Å². The van der Waals surface area contributed by atoms with Gasteiger partial charge >= 0.3 is 5.97 Å². The van der Waals surface area contributed by atoms with E-state index in [1.165, 1.54) is 17.2 Å². The van der Waals surface area contributed by atoms with E-state index in [2.05, 4.69) is 4.98 Å². The van der Waals surface area contributed by atoms with E-state index >= 15 is 0 Å². The first-order chi connectivity index (χ1) is 12.5. The Morgan fingerprint density at radius 1 is 1.35 bits per heavy atom. The molecule has 3 rings (SSSR count). The number of carboxylic acids is 1. The molecule has 1 aromatic heterocycles. The number of ether oxygens (including phenoxy) is 1. The first kappa shape index (κ1) is 18.0. The first-order valence-electron chi connectivity index (χ1n) is 7.96. The van der Waals surface area contributed by atoms with Crippen molar-refractivity contribution in [3.05, 3.63) is 41.9 Å².